The third-order valence-electron chi connectivity index (χ3n) is 2.24. The van der Waals surface area contributed by atoms with Gasteiger partial charge in [0, 0.05) is 19.2 Å². The Morgan fingerprint density at radius 3 is 2.71 bits per heavy atom. The van der Waals surface area contributed by atoms with Crippen molar-refractivity contribution in [1.82, 2.24) is 4.98 Å². The van der Waals surface area contributed by atoms with Crippen molar-refractivity contribution in [2.75, 3.05) is 23.7 Å². The first kappa shape index (κ1) is 12.8. The van der Waals surface area contributed by atoms with Crippen molar-refractivity contribution >= 4 is 23.5 Å². The third-order valence-corrected chi connectivity index (χ3v) is 2.24. The second-order valence-electron chi connectivity index (χ2n) is 3.55. The second kappa shape index (κ2) is 5.74. The lowest BCUT2D eigenvalue weighted by atomic mass is 10.1. The van der Waals surface area contributed by atoms with Gasteiger partial charge in [0.1, 0.15) is 11.6 Å². The van der Waals surface area contributed by atoms with Gasteiger partial charge in [-0.15, -0.1) is 0 Å². The van der Waals surface area contributed by atoms with Crippen LogP contribution in [-0.2, 0) is 6.42 Å². The predicted molar refractivity (Wildman–Crippen MR) is 72.5 cm³/mol. The summed E-state index contributed by atoms with van der Waals surface area (Å²) in [6.07, 6.45) is 3.74. The van der Waals surface area contributed by atoms with Gasteiger partial charge >= 0.3 is 0 Å². The molecule has 0 aromatic carbocycles. The Balaban J connectivity index is 2.98. The largest absolute Gasteiger partial charge is 0.404 e. The molecule has 0 fully saturated rings. The number of anilines is 3. The Kier molecular flexibility index (Phi) is 4.33. The van der Waals surface area contributed by atoms with Crippen molar-refractivity contribution < 1.29 is 0 Å². The smallest absolute Gasteiger partial charge is 0.149 e. The van der Waals surface area contributed by atoms with E-state index in [1.807, 2.05) is 6.92 Å². The van der Waals surface area contributed by atoms with Gasteiger partial charge < -0.3 is 22.9 Å². The first-order valence-corrected chi connectivity index (χ1v) is 5.29. The zero-order chi connectivity index (χ0) is 12.8. The van der Waals surface area contributed by atoms with Crippen molar-refractivity contribution in [3.05, 3.63) is 23.4 Å². The van der Waals surface area contributed by atoms with E-state index in [0.717, 1.165) is 11.1 Å². The van der Waals surface area contributed by atoms with Crippen LogP contribution in [0.5, 0.6) is 0 Å². The van der Waals surface area contributed by atoms with Crippen LogP contribution < -0.4 is 22.9 Å². The Bertz CT molecular complexity index is 450. The van der Waals surface area contributed by atoms with Crippen LogP contribution in [-0.4, -0.2) is 17.7 Å². The van der Waals surface area contributed by atoms with E-state index >= 15 is 0 Å². The number of aliphatic imine (C=N–C) groups is 1. The Hall–Kier alpha value is -2.24. The molecule has 0 amide bonds. The van der Waals surface area contributed by atoms with E-state index in [-0.39, 0.29) is 5.82 Å². The third kappa shape index (κ3) is 3.37. The van der Waals surface area contributed by atoms with Crippen molar-refractivity contribution in [2.45, 2.75) is 13.3 Å². The summed E-state index contributed by atoms with van der Waals surface area (Å²) in [6.45, 7) is 2.65. The summed E-state index contributed by atoms with van der Waals surface area (Å²) < 4.78 is 0. The highest BCUT2D eigenvalue weighted by molar-refractivity contribution is 5.80. The molecule has 0 aliphatic carbocycles. The molecule has 17 heavy (non-hydrogen) atoms. The minimum Gasteiger partial charge on any atom is -0.404 e. The molecule has 6 nitrogen and oxygen atoms in total. The molecule has 1 aromatic rings. The average molecular weight is 234 g/mol. The lowest BCUT2D eigenvalue weighted by molar-refractivity contribution is 1.12. The van der Waals surface area contributed by atoms with E-state index in [4.69, 9.17) is 22.9 Å². The standard InChI is InChI=1S/C11H18N6/c1-2-16-6-7(5-12)3-8-4-9(13)17-11(15)10(8)14/h4-6H,2-3,12,14H2,1H3,(H4,13,15,17). The molecule has 92 valence electrons. The zero-order valence-electron chi connectivity index (χ0n) is 9.85. The van der Waals surface area contributed by atoms with Crippen LogP contribution in [0.2, 0.25) is 0 Å². The number of hydrogen-bond donors (Lipinski definition) is 4. The number of hydrogen-bond acceptors (Lipinski definition) is 6. The van der Waals surface area contributed by atoms with Gasteiger partial charge in [-0.05, 0) is 30.3 Å². The van der Waals surface area contributed by atoms with E-state index in [1.165, 1.54) is 6.20 Å². The number of nitrogen functional groups attached to an aromatic ring is 3. The van der Waals surface area contributed by atoms with Crippen LogP contribution in [0.4, 0.5) is 17.3 Å². The Morgan fingerprint density at radius 1 is 1.41 bits per heavy atom. The molecule has 6 heteroatoms. The van der Waals surface area contributed by atoms with E-state index in [2.05, 4.69) is 9.98 Å². The highest BCUT2D eigenvalue weighted by Crippen LogP contribution is 2.22. The van der Waals surface area contributed by atoms with Crippen molar-refractivity contribution in [3.8, 4) is 0 Å². The molecule has 8 N–H and O–H groups in total. The molecule has 0 atom stereocenters. The van der Waals surface area contributed by atoms with Crippen LogP contribution in [0, 0.1) is 0 Å². The minimum atomic E-state index is 0.240. The number of pyridine rings is 1. The summed E-state index contributed by atoms with van der Waals surface area (Å²) in [5, 5.41) is 0. The van der Waals surface area contributed by atoms with E-state index in [0.29, 0.717) is 24.5 Å². The Labute approximate surface area is 100 Å². The van der Waals surface area contributed by atoms with Gasteiger partial charge in [-0.1, -0.05) is 0 Å². The van der Waals surface area contributed by atoms with E-state index in [1.54, 1.807) is 12.3 Å². The molecular weight excluding hydrogens is 216 g/mol. The summed E-state index contributed by atoms with van der Waals surface area (Å²) in [5.41, 5.74) is 24.7. The first-order valence-electron chi connectivity index (χ1n) is 5.29. The predicted octanol–water partition coefficient (Wildman–Crippen LogP) is 0.304. The van der Waals surface area contributed by atoms with Gasteiger partial charge in [0.15, 0.2) is 0 Å². The number of nitrogens with zero attached hydrogens (tertiary/aromatic N) is 2. The van der Waals surface area contributed by atoms with Crippen LogP contribution in [0.25, 0.3) is 0 Å². The molecule has 0 aliphatic heterocycles. The number of rotatable bonds is 4. The molecule has 0 aliphatic rings. The van der Waals surface area contributed by atoms with Gasteiger partial charge in [-0.25, -0.2) is 4.98 Å². The lowest BCUT2D eigenvalue weighted by Crippen LogP contribution is -2.07. The first-order chi connectivity index (χ1) is 8.08. The number of nitrogens with two attached hydrogens (primary N) is 4. The van der Waals surface area contributed by atoms with Crippen LogP contribution in [0.3, 0.4) is 0 Å². The van der Waals surface area contributed by atoms with Crippen LogP contribution in [0.1, 0.15) is 12.5 Å². The number of allylic oxidation sites excluding steroid dienone is 1. The fourth-order valence-electron chi connectivity index (χ4n) is 1.37. The summed E-state index contributed by atoms with van der Waals surface area (Å²) >= 11 is 0. The van der Waals surface area contributed by atoms with Crippen LogP contribution >= 0.6 is 0 Å². The van der Waals surface area contributed by atoms with Gasteiger partial charge in [0.05, 0.1) is 5.69 Å². The van der Waals surface area contributed by atoms with Crippen molar-refractivity contribution in [3.63, 3.8) is 0 Å². The van der Waals surface area contributed by atoms with Gasteiger partial charge in [0.25, 0.3) is 0 Å². The molecule has 0 saturated heterocycles. The van der Waals surface area contributed by atoms with E-state index < -0.39 is 0 Å². The quantitative estimate of drug-likeness (QED) is 0.557. The minimum absolute atomic E-state index is 0.240. The molecule has 1 rings (SSSR count). The topological polar surface area (TPSA) is 129 Å². The molecule has 1 heterocycles. The van der Waals surface area contributed by atoms with Gasteiger partial charge in [-0.3, -0.25) is 4.99 Å². The monoisotopic (exact) mass is 234 g/mol. The molecule has 0 radical (unpaired) electrons. The summed E-state index contributed by atoms with van der Waals surface area (Å²) in [4.78, 5) is 8.00. The number of aromatic nitrogens is 1. The zero-order valence-corrected chi connectivity index (χ0v) is 9.85. The fourth-order valence-corrected chi connectivity index (χ4v) is 1.37. The molecule has 0 spiro atoms. The van der Waals surface area contributed by atoms with Crippen molar-refractivity contribution in [2.24, 2.45) is 10.7 Å². The van der Waals surface area contributed by atoms with E-state index in [9.17, 15) is 0 Å². The summed E-state index contributed by atoms with van der Waals surface area (Å²) in [6, 6.07) is 1.69. The van der Waals surface area contributed by atoms with Crippen molar-refractivity contribution in [1.29, 1.82) is 0 Å². The maximum atomic E-state index is 5.83. The highest BCUT2D eigenvalue weighted by atomic mass is 14.9. The van der Waals surface area contributed by atoms with Gasteiger partial charge in [-0.2, -0.15) is 0 Å². The SMILES string of the molecule is CCN=CC(=CN)Cc1cc(N)nc(N)c1N. The molecular formula is C11H18N6. The summed E-state index contributed by atoms with van der Waals surface area (Å²) in [7, 11) is 0. The summed E-state index contributed by atoms with van der Waals surface area (Å²) in [5.74, 6) is 0.583. The van der Waals surface area contributed by atoms with Crippen LogP contribution in [0.15, 0.2) is 22.8 Å². The molecule has 1 aromatic heterocycles. The molecule has 0 saturated carbocycles. The average Bonchev–Trinajstić information content (AvgIpc) is 2.30. The second-order valence-corrected chi connectivity index (χ2v) is 3.55. The lowest BCUT2D eigenvalue weighted by Gasteiger charge is -2.09. The normalized spacial score (nSPS) is 12.2. The van der Waals surface area contributed by atoms with Gasteiger partial charge in [0.2, 0.25) is 0 Å². The molecule has 0 bridgehead atoms. The fraction of sp³-hybridized carbons (Fsp3) is 0.273. The maximum absolute atomic E-state index is 5.83. The highest BCUT2D eigenvalue weighted by Gasteiger charge is 2.07. The molecule has 0 unspecified atom stereocenters. The Morgan fingerprint density at radius 2 is 2.12 bits per heavy atom. The maximum Gasteiger partial charge on any atom is 0.149 e.